The molecule has 0 saturated carbocycles. The van der Waals surface area contributed by atoms with Crippen LogP contribution in [0.1, 0.15) is 12.5 Å². The fraction of sp³-hybridized carbons (Fsp3) is 0.0909. The lowest BCUT2D eigenvalue weighted by atomic mass is 10.2. The molecule has 0 N–H and O–H groups in total. The van der Waals surface area contributed by atoms with Gasteiger partial charge < -0.3 is 4.42 Å². The van der Waals surface area contributed by atoms with Gasteiger partial charge in [-0.2, -0.15) is 0 Å². The number of fused-ring (bicyclic) bond motifs is 1. The van der Waals surface area contributed by atoms with Crippen LogP contribution in [0.3, 0.4) is 0 Å². The molecular formula is C11H10O. The van der Waals surface area contributed by atoms with Crippen molar-refractivity contribution in [3.63, 3.8) is 0 Å². The van der Waals surface area contributed by atoms with E-state index in [2.05, 4.69) is 12.1 Å². The lowest BCUT2D eigenvalue weighted by molar-refractivity contribution is 0.566. The van der Waals surface area contributed by atoms with Crippen LogP contribution in [0.5, 0.6) is 0 Å². The Morgan fingerprint density at radius 2 is 2.17 bits per heavy atom. The molecule has 1 heterocycles. The van der Waals surface area contributed by atoms with E-state index in [4.69, 9.17) is 4.42 Å². The molecule has 0 unspecified atom stereocenters. The third-order valence-electron chi connectivity index (χ3n) is 1.85. The first-order valence-electron chi connectivity index (χ1n) is 4.01. The fourth-order valence-electron chi connectivity index (χ4n) is 1.33. The standard InChI is InChI=1S/C11H10O/c1-2-4-9-6-7-10-5-3-8-12-11(9)10/h2-8H,1H3/b4-2+. The van der Waals surface area contributed by atoms with E-state index < -0.39 is 0 Å². The highest BCUT2D eigenvalue weighted by molar-refractivity contribution is 5.73. The first kappa shape index (κ1) is 7.17. The number of rotatable bonds is 1. The molecule has 1 nitrogen and oxygen atoms in total. The molecule has 0 bridgehead atoms. The SMILES string of the molecule is C/C=C/c1ccc2cccoc1-2. The molecule has 1 heteroatoms. The van der Waals surface area contributed by atoms with Gasteiger partial charge in [0.25, 0.3) is 0 Å². The highest BCUT2D eigenvalue weighted by Crippen LogP contribution is 2.28. The topological polar surface area (TPSA) is 13.1 Å². The molecule has 0 atom stereocenters. The summed E-state index contributed by atoms with van der Waals surface area (Å²) in [7, 11) is 0. The van der Waals surface area contributed by atoms with Crippen molar-refractivity contribution in [1.82, 2.24) is 0 Å². The maximum absolute atomic E-state index is 5.38. The number of allylic oxidation sites excluding steroid dienone is 1. The first-order valence-corrected chi connectivity index (χ1v) is 4.01. The average molecular weight is 158 g/mol. The highest BCUT2D eigenvalue weighted by Gasteiger charge is 2.07. The van der Waals surface area contributed by atoms with Gasteiger partial charge in [0.2, 0.25) is 0 Å². The molecule has 0 spiro atoms. The molecule has 2 aliphatic rings. The van der Waals surface area contributed by atoms with Crippen LogP contribution in [-0.2, 0) is 0 Å². The summed E-state index contributed by atoms with van der Waals surface area (Å²) >= 11 is 0. The average Bonchev–Trinajstić information content (AvgIpc) is 2.50. The van der Waals surface area contributed by atoms with E-state index in [1.165, 1.54) is 0 Å². The van der Waals surface area contributed by atoms with Crippen molar-refractivity contribution in [3.8, 4) is 11.3 Å². The molecule has 0 aromatic heterocycles. The van der Waals surface area contributed by atoms with E-state index in [0.29, 0.717) is 0 Å². The Balaban J connectivity index is 2.59. The molecule has 0 radical (unpaired) electrons. The second-order valence-corrected chi connectivity index (χ2v) is 2.69. The van der Waals surface area contributed by atoms with E-state index in [-0.39, 0.29) is 0 Å². The fourth-order valence-corrected chi connectivity index (χ4v) is 1.33. The zero-order valence-corrected chi connectivity index (χ0v) is 6.95. The van der Waals surface area contributed by atoms with Crippen LogP contribution >= 0.6 is 0 Å². The van der Waals surface area contributed by atoms with Gasteiger partial charge in [-0.05, 0) is 19.1 Å². The molecular weight excluding hydrogens is 148 g/mol. The van der Waals surface area contributed by atoms with E-state index >= 15 is 0 Å². The Kier molecular flexibility index (Phi) is 1.71. The van der Waals surface area contributed by atoms with Crippen LogP contribution in [0.2, 0.25) is 0 Å². The molecule has 0 amide bonds. The largest absolute Gasteiger partial charge is 0.464 e. The molecule has 60 valence electrons. The molecule has 1 aliphatic heterocycles. The van der Waals surface area contributed by atoms with E-state index in [1.807, 2.05) is 31.2 Å². The van der Waals surface area contributed by atoms with Gasteiger partial charge in [-0.15, -0.1) is 0 Å². The van der Waals surface area contributed by atoms with E-state index in [9.17, 15) is 0 Å². The summed E-state index contributed by atoms with van der Waals surface area (Å²) in [4.78, 5) is 0. The second kappa shape index (κ2) is 2.86. The van der Waals surface area contributed by atoms with Crippen LogP contribution < -0.4 is 0 Å². The van der Waals surface area contributed by atoms with Gasteiger partial charge in [-0.3, -0.25) is 0 Å². The van der Waals surface area contributed by atoms with E-state index in [1.54, 1.807) is 6.26 Å². The van der Waals surface area contributed by atoms with E-state index in [0.717, 1.165) is 16.9 Å². The van der Waals surface area contributed by atoms with Crippen LogP contribution in [0.4, 0.5) is 0 Å². The minimum atomic E-state index is 0.968. The van der Waals surface area contributed by atoms with Crippen molar-refractivity contribution in [1.29, 1.82) is 0 Å². The summed E-state index contributed by atoms with van der Waals surface area (Å²) in [6.07, 6.45) is 5.76. The Morgan fingerprint density at radius 1 is 1.25 bits per heavy atom. The minimum absolute atomic E-state index is 0.968. The molecule has 2 rings (SSSR count). The first-order chi connectivity index (χ1) is 5.92. The summed E-state index contributed by atoms with van der Waals surface area (Å²) in [6, 6.07) is 8.08. The maximum Gasteiger partial charge on any atom is 0.140 e. The zero-order valence-electron chi connectivity index (χ0n) is 6.95. The predicted octanol–water partition coefficient (Wildman–Crippen LogP) is 3.42. The molecule has 0 fully saturated rings. The minimum Gasteiger partial charge on any atom is -0.464 e. The van der Waals surface area contributed by atoms with Crippen molar-refractivity contribution in [2.24, 2.45) is 0 Å². The summed E-state index contributed by atoms with van der Waals surface area (Å²) in [6.45, 7) is 2.00. The molecule has 0 saturated heterocycles. The molecule has 0 aromatic rings. The summed E-state index contributed by atoms with van der Waals surface area (Å²) in [5, 5.41) is 0. The Bertz CT molecular complexity index is 371. The quantitative estimate of drug-likeness (QED) is 0.619. The van der Waals surface area contributed by atoms with Crippen LogP contribution in [-0.4, -0.2) is 0 Å². The Morgan fingerprint density at radius 3 is 3.00 bits per heavy atom. The smallest absolute Gasteiger partial charge is 0.140 e. The third kappa shape index (κ3) is 1.03. The van der Waals surface area contributed by atoms with Crippen molar-refractivity contribution < 1.29 is 4.42 Å². The summed E-state index contributed by atoms with van der Waals surface area (Å²) in [5.41, 5.74) is 2.30. The lowest BCUT2D eigenvalue weighted by Gasteiger charge is -1.96. The summed E-state index contributed by atoms with van der Waals surface area (Å²) in [5.74, 6) is 0.968. The summed E-state index contributed by atoms with van der Waals surface area (Å²) < 4.78 is 5.38. The Hall–Kier alpha value is -1.50. The molecule has 1 aliphatic carbocycles. The van der Waals surface area contributed by atoms with Crippen LogP contribution in [0.15, 0.2) is 41.0 Å². The number of hydrogen-bond donors (Lipinski definition) is 0. The van der Waals surface area contributed by atoms with Crippen LogP contribution in [0, 0.1) is 0 Å². The van der Waals surface area contributed by atoms with Gasteiger partial charge in [-0.25, -0.2) is 0 Å². The van der Waals surface area contributed by atoms with Gasteiger partial charge >= 0.3 is 0 Å². The van der Waals surface area contributed by atoms with Gasteiger partial charge in [0, 0.05) is 11.1 Å². The van der Waals surface area contributed by atoms with Gasteiger partial charge in [0.1, 0.15) is 5.76 Å². The predicted molar refractivity (Wildman–Crippen MR) is 50.0 cm³/mol. The van der Waals surface area contributed by atoms with Gasteiger partial charge in [0.15, 0.2) is 0 Å². The van der Waals surface area contributed by atoms with Crippen LogP contribution in [0.25, 0.3) is 17.4 Å². The van der Waals surface area contributed by atoms with Crippen molar-refractivity contribution >= 4 is 6.08 Å². The maximum atomic E-state index is 5.38. The van der Waals surface area contributed by atoms with Gasteiger partial charge in [0.05, 0.1) is 6.26 Å². The molecule has 12 heavy (non-hydrogen) atoms. The molecule has 0 aromatic carbocycles. The number of hydrogen-bond acceptors (Lipinski definition) is 1. The third-order valence-corrected chi connectivity index (χ3v) is 1.85. The van der Waals surface area contributed by atoms with Crippen molar-refractivity contribution in [3.05, 3.63) is 42.2 Å². The van der Waals surface area contributed by atoms with Crippen molar-refractivity contribution in [2.75, 3.05) is 0 Å². The van der Waals surface area contributed by atoms with Gasteiger partial charge in [-0.1, -0.05) is 24.3 Å². The highest BCUT2D eigenvalue weighted by atomic mass is 16.3. The zero-order chi connectivity index (χ0) is 8.39. The van der Waals surface area contributed by atoms with Crippen molar-refractivity contribution in [2.45, 2.75) is 6.92 Å². The Labute approximate surface area is 71.7 Å². The lowest BCUT2D eigenvalue weighted by Crippen LogP contribution is -1.73. The normalized spacial score (nSPS) is 11.4. The monoisotopic (exact) mass is 158 g/mol. The second-order valence-electron chi connectivity index (χ2n) is 2.69.